The standard InChI is InChI=1S/C7H5BrN2O2S/c8-3-1-4(13-2-3)5-6(11)10-7(12)9-5/h1-2,5H,(H2,9,10,11,12)/t5-/m1/s1. The first-order chi connectivity index (χ1) is 6.16. The summed E-state index contributed by atoms with van der Waals surface area (Å²) in [6, 6.07) is 0.865. The van der Waals surface area contributed by atoms with E-state index in [0.29, 0.717) is 0 Å². The van der Waals surface area contributed by atoms with Gasteiger partial charge in [0.05, 0.1) is 0 Å². The number of imide groups is 1. The molecule has 0 aliphatic carbocycles. The van der Waals surface area contributed by atoms with Crippen LogP contribution in [0.4, 0.5) is 4.79 Å². The van der Waals surface area contributed by atoms with Gasteiger partial charge in [0.1, 0.15) is 6.04 Å². The quantitative estimate of drug-likeness (QED) is 0.750. The van der Waals surface area contributed by atoms with E-state index < -0.39 is 12.1 Å². The highest BCUT2D eigenvalue weighted by atomic mass is 79.9. The van der Waals surface area contributed by atoms with Gasteiger partial charge in [-0.3, -0.25) is 10.1 Å². The summed E-state index contributed by atoms with van der Waals surface area (Å²) < 4.78 is 0.918. The van der Waals surface area contributed by atoms with Crippen molar-refractivity contribution in [3.05, 3.63) is 20.8 Å². The van der Waals surface area contributed by atoms with Gasteiger partial charge in [0, 0.05) is 14.7 Å². The van der Waals surface area contributed by atoms with Crippen LogP contribution < -0.4 is 10.6 Å². The Kier molecular flexibility index (Phi) is 2.09. The molecule has 4 nitrogen and oxygen atoms in total. The number of carbonyl (C=O) groups excluding carboxylic acids is 2. The van der Waals surface area contributed by atoms with Crippen LogP contribution in [0.3, 0.4) is 0 Å². The lowest BCUT2D eigenvalue weighted by Gasteiger charge is -2.01. The SMILES string of the molecule is O=C1NC(=O)[C@@H](c2cc(Br)cs2)N1. The lowest BCUT2D eigenvalue weighted by molar-refractivity contribution is -0.120. The van der Waals surface area contributed by atoms with E-state index in [2.05, 4.69) is 26.6 Å². The first-order valence-electron chi connectivity index (χ1n) is 3.52. The normalized spacial score (nSPS) is 21.5. The zero-order valence-electron chi connectivity index (χ0n) is 6.33. The average molecular weight is 261 g/mol. The van der Waals surface area contributed by atoms with Crippen molar-refractivity contribution in [3.63, 3.8) is 0 Å². The third kappa shape index (κ3) is 1.59. The minimum absolute atomic E-state index is 0.292. The fourth-order valence-electron chi connectivity index (χ4n) is 1.10. The van der Waals surface area contributed by atoms with Crippen LogP contribution in [0.5, 0.6) is 0 Å². The Labute approximate surface area is 86.5 Å². The molecule has 68 valence electrons. The molecule has 0 aromatic carbocycles. The number of halogens is 1. The first kappa shape index (κ1) is 8.71. The van der Waals surface area contributed by atoms with Gasteiger partial charge in [-0.15, -0.1) is 11.3 Å². The molecule has 0 unspecified atom stereocenters. The largest absolute Gasteiger partial charge is 0.322 e. The summed E-state index contributed by atoms with van der Waals surface area (Å²) >= 11 is 4.71. The van der Waals surface area contributed by atoms with E-state index in [1.54, 1.807) is 0 Å². The summed E-state index contributed by atoms with van der Waals surface area (Å²) in [5.74, 6) is -0.292. The van der Waals surface area contributed by atoms with Gasteiger partial charge in [-0.05, 0) is 22.0 Å². The molecule has 1 aromatic rings. The summed E-state index contributed by atoms with van der Waals surface area (Å²) in [5.41, 5.74) is 0. The van der Waals surface area contributed by atoms with Crippen LogP contribution in [0, 0.1) is 0 Å². The van der Waals surface area contributed by atoms with Crippen LogP contribution in [-0.2, 0) is 4.79 Å². The molecule has 0 radical (unpaired) electrons. The second-order valence-electron chi connectivity index (χ2n) is 2.56. The van der Waals surface area contributed by atoms with Crippen molar-refractivity contribution in [2.45, 2.75) is 6.04 Å². The van der Waals surface area contributed by atoms with Crippen molar-refractivity contribution in [1.82, 2.24) is 10.6 Å². The molecule has 1 aliphatic heterocycles. The second kappa shape index (κ2) is 3.12. The van der Waals surface area contributed by atoms with Crippen LogP contribution in [-0.4, -0.2) is 11.9 Å². The molecule has 1 fully saturated rings. The predicted octanol–water partition coefficient (Wildman–Crippen LogP) is 1.39. The highest BCUT2D eigenvalue weighted by Gasteiger charge is 2.31. The lowest BCUT2D eigenvalue weighted by Crippen LogP contribution is -2.22. The van der Waals surface area contributed by atoms with Gasteiger partial charge in [0.15, 0.2) is 0 Å². The molecule has 6 heteroatoms. The Bertz CT molecular complexity index is 376. The number of hydrogen-bond donors (Lipinski definition) is 2. The van der Waals surface area contributed by atoms with Crippen LogP contribution in [0.15, 0.2) is 15.9 Å². The van der Waals surface area contributed by atoms with Gasteiger partial charge < -0.3 is 5.32 Å². The maximum atomic E-state index is 11.2. The van der Waals surface area contributed by atoms with Gasteiger partial charge in [-0.1, -0.05) is 0 Å². The molecule has 1 atom stereocenters. The molecule has 2 N–H and O–H groups in total. The number of carbonyl (C=O) groups is 2. The fraction of sp³-hybridized carbons (Fsp3) is 0.143. The Morgan fingerprint density at radius 3 is 2.69 bits per heavy atom. The minimum atomic E-state index is -0.524. The first-order valence-corrected chi connectivity index (χ1v) is 5.19. The molecule has 3 amide bonds. The fourth-order valence-corrected chi connectivity index (χ4v) is 2.59. The summed E-state index contributed by atoms with van der Waals surface area (Å²) in [5, 5.41) is 6.57. The zero-order chi connectivity index (χ0) is 9.42. The monoisotopic (exact) mass is 260 g/mol. The number of hydrogen-bond acceptors (Lipinski definition) is 3. The average Bonchev–Trinajstić information content (AvgIpc) is 2.58. The number of thiophene rings is 1. The van der Waals surface area contributed by atoms with Crippen molar-refractivity contribution in [2.24, 2.45) is 0 Å². The molecule has 2 rings (SSSR count). The topological polar surface area (TPSA) is 58.2 Å². The van der Waals surface area contributed by atoms with Crippen molar-refractivity contribution >= 4 is 39.2 Å². The minimum Gasteiger partial charge on any atom is -0.321 e. The molecule has 1 saturated heterocycles. The van der Waals surface area contributed by atoms with Gasteiger partial charge in [-0.2, -0.15) is 0 Å². The zero-order valence-corrected chi connectivity index (χ0v) is 8.74. The van der Waals surface area contributed by atoms with Gasteiger partial charge in [0.2, 0.25) is 0 Å². The molecule has 1 aromatic heterocycles. The van der Waals surface area contributed by atoms with Crippen LogP contribution in [0.1, 0.15) is 10.9 Å². The predicted molar refractivity (Wildman–Crippen MR) is 51.4 cm³/mol. The van der Waals surface area contributed by atoms with E-state index in [0.717, 1.165) is 9.35 Å². The Morgan fingerprint density at radius 1 is 1.46 bits per heavy atom. The summed E-state index contributed by atoms with van der Waals surface area (Å²) in [4.78, 5) is 22.8. The summed E-state index contributed by atoms with van der Waals surface area (Å²) in [6.45, 7) is 0. The molecule has 0 spiro atoms. The van der Waals surface area contributed by atoms with Crippen molar-refractivity contribution in [3.8, 4) is 0 Å². The van der Waals surface area contributed by atoms with E-state index in [4.69, 9.17) is 0 Å². The Balaban J connectivity index is 2.27. The van der Waals surface area contributed by atoms with E-state index in [-0.39, 0.29) is 5.91 Å². The van der Waals surface area contributed by atoms with Crippen LogP contribution in [0.2, 0.25) is 0 Å². The smallest absolute Gasteiger partial charge is 0.321 e. The highest BCUT2D eigenvalue weighted by Crippen LogP contribution is 2.26. The third-order valence-electron chi connectivity index (χ3n) is 1.65. The van der Waals surface area contributed by atoms with Crippen molar-refractivity contribution in [1.29, 1.82) is 0 Å². The highest BCUT2D eigenvalue weighted by molar-refractivity contribution is 9.10. The number of amides is 3. The van der Waals surface area contributed by atoms with E-state index >= 15 is 0 Å². The molecular weight excluding hydrogens is 256 g/mol. The Morgan fingerprint density at radius 2 is 2.23 bits per heavy atom. The van der Waals surface area contributed by atoms with Crippen molar-refractivity contribution in [2.75, 3.05) is 0 Å². The van der Waals surface area contributed by atoms with E-state index in [1.165, 1.54) is 11.3 Å². The molecule has 0 bridgehead atoms. The van der Waals surface area contributed by atoms with E-state index in [1.807, 2.05) is 11.4 Å². The van der Waals surface area contributed by atoms with Crippen LogP contribution >= 0.6 is 27.3 Å². The van der Waals surface area contributed by atoms with Crippen LogP contribution in [0.25, 0.3) is 0 Å². The molecule has 0 saturated carbocycles. The number of urea groups is 1. The van der Waals surface area contributed by atoms with Gasteiger partial charge in [0.25, 0.3) is 5.91 Å². The van der Waals surface area contributed by atoms with E-state index in [9.17, 15) is 9.59 Å². The molecule has 1 aliphatic rings. The number of nitrogens with one attached hydrogen (secondary N) is 2. The third-order valence-corrected chi connectivity index (χ3v) is 3.41. The lowest BCUT2D eigenvalue weighted by atomic mass is 10.2. The van der Waals surface area contributed by atoms with Gasteiger partial charge >= 0.3 is 6.03 Å². The maximum Gasteiger partial charge on any atom is 0.322 e. The summed E-state index contributed by atoms with van der Waals surface area (Å²) in [6.07, 6.45) is 0. The number of rotatable bonds is 1. The second-order valence-corrected chi connectivity index (χ2v) is 4.42. The maximum absolute atomic E-state index is 11.2. The van der Waals surface area contributed by atoms with Gasteiger partial charge in [-0.25, -0.2) is 4.79 Å². The molecule has 13 heavy (non-hydrogen) atoms. The van der Waals surface area contributed by atoms with Crippen molar-refractivity contribution < 1.29 is 9.59 Å². The molecular formula is C7H5BrN2O2S. The summed E-state index contributed by atoms with van der Waals surface area (Å²) in [7, 11) is 0. The molecule has 2 heterocycles. The Hall–Kier alpha value is -0.880.